The molecule has 2 N–H and O–H groups in total. The number of hydrogen-bond acceptors (Lipinski definition) is 4. The molecule has 0 aliphatic carbocycles. The zero-order valence-corrected chi connectivity index (χ0v) is 20.9. The van der Waals surface area contributed by atoms with E-state index < -0.39 is 35.3 Å². The molecule has 0 saturated heterocycles. The van der Waals surface area contributed by atoms with E-state index >= 15 is 0 Å². The van der Waals surface area contributed by atoms with Crippen LogP contribution < -0.4 is 5.32 Å². The highest BCUT2D eigenvalue weighted by molar-refractivity contribution is 6.06. The van der Waals surface area contributed by atoms with E-state index in [9.17, 15) is 31.5 Å². The van der Waals surface area contributed by atoms with Crippen molar-refractivity contribution in [2.45, 2.75) is 19.3 Å². The van der Waals surface area contributed by atoms with Crippen molar-refractivity contribution in [2.75, 3.05) is 0 Å². The summed E-state index contributed by atoms with van der Waals surface area (Å²) in [6, 6.07) is 16.0. The van der Waals surface area contributed by atoms with Crippen molar-refractivity contribution >= 4 is 22.9 Å². The molecule has 0 atom stereocenters. The normalized spacial score (nSPS) is 11.5. The number of alkyl halides is 3. The number of fused-ring (bicyclic) bond motifs is 1. The number of carboxylic acid groups (broad SMARTS) is 1. The topological polar surface area (TPSA) is 97.1 Å². The zero-order valence-electron chi connectivity index (χ0n) is 20.9. The molecule has 208 valence electrons. The molecule has 0 aliphatic rings. The molecule has 41 heavy (non-hydrogen) atoms. The number of carboxylic acids is 1. The van der Waals surface area contributed by atoms with E-state index in [1.807, 2.05) is 0 Å². The Labute approximate surface area is 228 Å². The van der Waals surface area contributed by atoms with Gasteiger partial charge in [-0.25, -0.2) is 18.3 Å². The van der Waals surface area contributed by atoms with Gasteiger partial charge in [-0.05, 0) is 71.3 Å². The fraction of sp³-hybridized carbons (Fsp3) is 0.103. The number of amides is 1. The molecular formula is C29H19F5N4O3. The Kier molecular flexibility index (Phi) is 7.22. The van der Waals surface area contributed by atoms with Crippen LogP contribution in [0.15, 0.2) is 78.9 Å². The maximum absolute atomic E-state index is 14.6. The van der Waals surface area contributed by atoms with Crippen molar-refractivity contribution in [3.63, 3.8) is 0 Å². The SMILES string of the molecule is O=C(O)c1ccc(CNC(=O)c2cc(-c3cc(F)ccc3F)cc3nnn(Cc4ccc(C(F)(F)F)cc4)c23)cc1. The van der Waals surface area contributed by atoms with Gasteiger partial charge in [0.25, 0.3) is 5.91 Å². The number of carbonyl (C=O) groups is 2. The molecular weight excluding hydrogens is 547 g/mol. The van der Waals surface area contributed by atoms with Gasteiger partial charge in [0.05, 0.1) is 23.2 Å². The lowest BCUT2D eigenvalue weighted by molar-refractivity contribution is -0.137. The molecule has 5 aromatic rings. The molecule has 0 unspecified atom stereocenters. The third-order valence-electron chi connectivity index (χ3n) is 6.36. The van der Waals surface area contributed by atoms with Gasteiger partial charge in [-0.2, -0.15) is 13.2 Å². The van der Waals surface area contributed by atoms with Crippen LogP contribution in [-0.4, -0.2) is 32.0 Å². The number of halogens is 5. The molecule has 1 heterocycles. The first-order chi connectivity index (χ1) is 19.5. The third kappa shape index (κ3) is 5.91. The van der Waals surface area contributed by atoms with E-state index in [-0.39, 0.29) is 46.4 Å². The number of nitrogens with one attached hydrogen (secondary N) is 1. The van der Waals surface area contributed by atoms with Crippen molar-refractivity contribution in [1.29, 1.82) is 0 Å². The number of aromatic carboxylic acids is 1. The molecule has 4 aromatic carbocycles. The lowest BCUT2D eigenvalue weighted by atomic mass is 10.00. The summed E-state index contributed by atoms with van der Waals surface area (Å²) < 4.78 is 68.9. The van der Waals surface area contributed by atoms with Crippen molar-refractivity contribution in [1.82, 2.24) is 20.3 Å². The maximum atomic E-state index is 14.6. The number of aromatic nitrogens is 3. The molecule has 0 aliphatic heterocycles. The van der Waals surface area contributed by atoms with Gasteiger partial charge in [0.15, 0.2) is 0 Å². The minimum Gasteiger partial charge on any atom is -0.478 e. The van der Waals surface area contributed by atoms with Gasteiger partial charge in [-0.3, -0.25) is 4.79 Å². The van der Waals surface area contributed by atoms with E-state index in [1.54, 1.807) is 0 Å². The van der Waals surface area contributed by atoms with E-state index in [1.165, 1.54) is 53.2 Å². The maximum Gasteiger partial charge on any atom is 0.416 e. The van der Waals surface area contributed by atoms with Crippen LogP contribution in [0.25, 0.3) is 22.2 Å². The van der Waals surface area contributed by atoms with Crippen LogP contribution in [0.1, 0.15) is 37.4 Å². The van der Waals surface area contributed by atoms with Crippen molar-refractivity contribution in [2.24, 2.45) is 0 Å². The van der Waals surface area contributed by atoms with Gasteiger partial charge >= 0.3 is 12.1 Å². The van der Waals surface area contributed by atoms with Crippen LogP contribution in [0.5, 0.6) is 0 Å². The first-order valence-electron chi connectivity index (χ1n) is 12.1. The first-order valence-corrected chi connectivity index (χ1v) is 12.1. The Morgan fingerprint density at radius 1 is 0.878 bits per heavy atom. The van der Waals surface area contributed by atoms with Crippen LogP contribution in [0, 0.1) is 11.6 Å². The predicted octanol–water partition coefficient (Wildman–Crippen LogP) is 6.07. The second kappa shape index (κ2) is 10.8. The molecule has 0 bridgehead atoms. The third-order valence-corrected chi connectivity index (χ3v) is 6.36. The molecule has 1 amide bonds. The van der Waals surface area contributed by atoms with Gasteiger partial charge in [0.1, 0.15) is 22.7 Å². The largest absolute Gasteiger partial charge is 0.478 e. The number of rotatable bonds is 7. The number of hydrogen-bond donors (Lipinski definition) is 2. The highest BCUT2D eigenvalue weighted by atomic mass is 19.4. The Morgan fingerprint density at radius 2 is 1.56 bits per heavy atom. The van der Waals surface area contributed by atoms with Crippen LogP contribution >= 0.6 is 0 Å². The van der Waals surface area contributed by atoms with E-state index in [0.717, 1.165) is 30.3 Å². The molecule has 1 aromatic heterocycles. The standard InChI is InChI=1S/C29H19F5N4O3/c30-21-9-10-24(31)22(13-21)19-11-23(27(39)35-14-16-1-5-18(6-2-16)28(40)41)26-25(12-19)36-37-38(26)15-17-3-7-20(8-4-17)29(32,33)34/h1-13H,14-15H2,(H,35,39)(H,40,41). The van der Waals surface area contributed by atoms with Crippen molar-refractivity contribution in [3.8, 4) is 11.1 Å². The first kappa shape index (κ1) is 27.4. The fourth-order valence-electron chi connectivity index (χ4n) is 4.29. The fourth-order valence-corrected chi connectivity index (χ4v) is 4.29. The average Bonchev–Trinajstić information content (AvgIpc) is 3.35. The van der Waals surface area contributed by atoms with E-state index in [2.05, 4.69) is 15.6 Å². The van der Waals surface area contributed by atoms with Crippen molar-refractivity contribution in [3.05, 3.63) is 118 Å². The molecule has 12 heteroatoms. The summed E-state index contributed by atoms with van der Waals surface area (Å²) in [5.41, 5.74) is 0.777. The molecule has 0 saturated carbocycles. The van der Waals surface area contributed by atoms with Crippen LogP contribution in [-0.2, 0) is 19.3 Å². The predicted molar refractivity (Wildman–Crippen MR) is 138 cm³/mol. The van der Waals surface area contributed by atoms with E-state index in [4.69, 9.17) is 5.11 Å². The molecule has 0 fully saturated rings. The Hall–Kier alpha value is -5.13. The molecule has 0 spiro atoms. The minimum atomic E-state index is -4.50. The monoisotopic (exact) mass is 566 g/mol. The Balaban J connectivity index is 1.53. The molecule has 0 radical (unpaired) electrons. The highest BCUT2D eigenvalue weighted by Crippen LogP contribution is 2.31. The molecule has 7 nitrogen and oxygen atoms in total. The van der Waals surface area contributed by atoms with Gasteiger partial charge in [0.2, 0.25) is 0 Å². The van der Waals surface area contributed by atoms with Crippen LogP contribution in [0.4, 0.5) is 22.0 Å². The average molecular weight is 566 g/mol. The van der Waals surface area contributed by atoms with Gasteiger partial charge in [0, 0.05) is 12.1 Å². The number of nitrogens with zero attached hydrogens (tertiary/aromatic N) is 3. The van der Waals surface area contributed by atoms with Gasteiger partial charge in [-0.1, -0.05) is 29.5 Å². The van der Waals surface area contributed by atoms with Gasteiger partial charge in [-0.15, -0.1) is 5.10 Å². The second-order valence-electron chi connectivity index (χ2n) is 9.14. The van der Waals surface area contributed by atoms with E-state index in [0.29, 0.717) is 11.1 Å². The second-order valence-corrected chi connectivity index (χ2v) is 9.14. The van der Waals surface area contributed by atoms with Crippen molar-refractivity contribution < 1.29 is 36.6 Å². The lowest BCUT2D eigenvalue weighted by Gasteiger charge is -2.12. The minimum absolute atomic E-state index is 0.0131. The summed E-state index contributed by atoms with van der Waals surface area (Å²) in [5, 5.41) is 19.9. The quantitative estimate of drug-likeness (QED) is 0.233. The smallest absolute Gasteiger partial charge is 0.416 e. The Bertz CT molecular complexity index is 1770. The van der Waals surface area contributed by atoms with Crippen LogP contribution in [0.3, 0.4) is 0 Å². The highest BCUT2D eigenvalue weighted by Gasteiger charge is 2.30. The zero-order chi connectivity index (χ0) is 29.3. The summed E-state index contributed by atoms with van der Waals surface area (Å²) in [6.45, 7) is -0.0154. The van der Waals surface area contributed by atoms with Crippen LogP contribution in [0.2, 0.25) is 0 Å². The summed E-state index contributed by atoms with van der Waals surface area (Å²) in [5.74, 6) is -3.14. The Morgan fingerprint density at radius 3 is 2.22 bits per heavy atom. The molecule has 5 rings (SSSR count). The lowest BCUT2D eigenvalue weighted by Crippen LogP contribution is -2.24. The number of carbonyl (C=O) groups excluding carboxylic acids is 1. The number of benzene rings is 4. The summed E-state index contributed by atoms with van der Waals surface area (Å²) >= 11 is 0. The summed E-state index contributed by atoms with van der Waals surface area (Å²) in [4.78, 5) is 24.5. The van der Waals surface area contributed by atoms with Gasteiger partial charge < -0.3 is 10.4 Å². The summed E-state index contributed by atoms with van der Waals surface area (Å²) in [7, 11) is 0. The summed E-state index contributed by atoms with van der Waals surface area (Å²) in [6.07, 6.45) is -4.50.